The van der Waals surface area contributed by atoms with Gasteiger partial charge in [-0.25, -0.2) is 19.8 Å². The number of hydrogen-bond acceptors (Lipinski definition) is 8. The summed E-state index contributed by atoms with van der Waals surface area (Å²) in [6.45, 7) is 4.27. The van der Waals surface area contributed by atoms with Crippen molar-refractivity contribution in [3.05, 3.63) is 88.5 Å². The number of carbonyl (C=O) groups excluding carboxylic acids is 4. The van der Waals surface area contributed by atoms with Crippen LogP contribution in [0.1, 0.15) is 75.6 Å². The molecule has 1 saturated carbocycles. The Balaban J connectivity index is 0.954. The number of amides is 5. The summed E-state index contributed by atoms with van der Waals surface area (Å²) in [5, 5.41) is 17.5. The number of rotatable bonds is 8. The molecule has 4 aromatic rings. The number of urea groups is 1. The van der Waals surface area contributed by atoms with Gasteiger partial charge in [-0.1, -0.05) is 18.2 Å². The Kier molecular flexibility index (Phi) is 9.71. The lowest BCUT2D eigenvalue weighted by atomic mass is 9.86. The van der Waals surface area contributed by atoms with Gasteiger partial charge in [0.15, 0.2) is 0 Å². The molecule has 16 heteroatoms. The number of imidazole rings is 1. The number of piperazine rings is 1. The Labute approximate surface area is 314 Å². The second kappa shape index (κ2) is 14.6. The molecular formula is C39H41F3N8O5. The smallest absolute Gasteiger partial charge is 0.396 e. The van der Waals surface area contributed by atoms with E-state index in [9.17, 15) is 37.5 Å². The third-order valence-corrected chi connectivity index (χ3v) is 11.2. The number of aromatic nitrogens is 2. The molecular weight excluding hydrogens is 717 g/mol. The van der Waals surface area contributed by atoms with Gasteiger partial charge in [0.25, 0.3) is 11.8 Å². The number of hydrazine groups is 1. The number of aliphatic hydroxyl groups is 1. The van der Waals surface area contributed by atoms with Crippen molar-refractivity contribution in [2.24, 2.45) is 5.92 Å². The zero-order valence-electron chi connectivity index (χ0n) is 30.0. The molecule has 3 N–H and O–H groups in total. The van der Waals surface area contributed by atoms with Gasteiger partial charge in [-0.2, -0.15) is 13.2 Å². The van der Waals surface area contributed by atoms with Gasteiger partial charge in [-0.15, -0.1) is 0 Å². The van der Waals surface area contributed by atoms with Crippen LogP contribution in [0, 0.1) is 5.92 Å². The summed E-state index contributed by atoms with van der Waals surface area (Å²) in [7, 11) is 0. The van der Waals surface area contributed by atoms with Gasteiger partial charge in [0.2, 0.25) is 11.9 Å². The number of nitrogens with one attached hydrogen (secondary N) is 2. The molecule has 55 heavy (non-hydrogen) atoms. The highest BCUT2D eigenvalue weighted by molar-refractivity contribution is 6.04. The van der Waals surface area contributed by atoms with E-state index >= 15 is 0 Å². The van der Waals surface area contributed by atoms with Crippen LogP contribution in [-0.2, 0) is 24.1 Å². The summed E-state index contributed by atoms with van der Waals surface area (Å²) in [5.41, 5.74) is 3.88. The van der Waals surface area contributed by atoms with Crippen molar-refractivity contribution in [2.75, 3.05) is 49.5 Å². The van der Waals surface area contributed by atoms with E-state index in [1.807, 2.05) is 34.9 Å². The monoisotopic (exact) mass is 758 g/mol. The molecule has 0 radical (unpaired) electrons. The molecule has 288 valence electrons. The van der Waals surface area contributed by atoms with Crippen LogP contribution in [-0.4, -0.2) is 92.7 Å². The molecule has 5 amide bonds. The zero-order valence-corrected chi connectivity index (χ0v) is 30.0. The molecule has 13 nitrogen and oxygen atoms in total. The normalized spacial score (nSPS) is 20.9. The minimum Gasteiger partial charge on any atom is -0.396 e. The molecule has 4 heterocycles. The summed E-state index contributed by atoms with van der Waals surface area (Å²) in [6, 6.07) is 15.5. The lowest BCUT2D eigenvalue weighted by molar-refractivity contribution is -0.137. The van der Waals surface area contributed by atoms with Crippen LogP contribution in [0.4, 0.5) is 29.6 Å². The van der Waals surface area contributed by atoms with E-state index in [0.29, 0.717) is 17.6 Å². The minimum absolute atomic E-state index is 0.00523. The molecule has 1 aliphatic carbocycles. The van der Waals surface area contributed by atoms with Crippen LogP contribution in [0.2, 0.25) is 0 Å². The number of carbonyl (C=O) groups is 4. The fourth-order valence-electron chi connectivity index (χ4n) is 8.20. The first-order valence-corrected chi connectivity index (χ1v) is 18.6. The Bertz CT molecular complexity index is 2160. The van der Waals surface area contributed by atoms with Gasteiger partial charge in [-0.05, 0) is 85.2 Å². The van der Waals surface area contributed by atoms with Gasteiger partial charge in [-0.3, -0.25) is 29.9 Å². The summed E-state index contributed by atoms with van der Waals surface area (Å²) >= 11 is 0. The largest absolute Gasteiger partial charge is 0.416 e. The average Bonchev–Trinajstić information content (AvgIpc) is 3.70. The first kappa shape index (κ1) is 36.5. The number of imide groups is 1. The molecule has 1 aromatic heterocycles. The number of hydrogen-bond donors (Lipinski definition) is 3. The van der Waals surface area contributed by atoms with E-state index < -0.39 is 23.7 Å². The molecule has 4 aliphatic rings. The Morgan fingerprint density at radius 3 is 2.42 bits per heavy atom. The number of nitrogens with zero attached hydrogens (tertiary/aromatic N) is 6. The van der Waals surface area contributed by atoms with Crippen molar-refractivity contribution in [1.82, 2.24) is 29.8 Å². The number of aliphatic hydroxyl groups excluding tert-OH is 1. The number of benzene rings is 3. The average molecular weight is 759 g/mol. The van der Waals surface area contributed by atoms with Crippen LogP contribution < -0.4 is 15.5 Å². The minimum atomic E-state index is -4.58. The van der Waals surface area contributed by atoms with E-state index in [1.165, 1.54) is 22.2 Å². The van der Waals surface area contributed by atoms with E-state index in [1.54, 1.807) is 6.07 Å². The van der Waals surface area contributed by atoms with Crippen molar-refractivity contribution in [1.29, 1.82) is 0 Å². The van der Waals surface area contributed by atoms with E-state index in [2.05, 4.69) is 20.4 Å². The quantitative estimate of drug-likeness (QED) is 0.224. The van der Waals surface area contributed by atoms with Gasteiger partial charge in [0.1, 0.15) is 0 Å². The Morgan fingerprint density at radius 2 is 1.69 bits per heavy atom. The highest BCUT2D eigenvalue weighted by atomic mass is 19.4. The predicted molar refractivity (Wildman–Crippen MR) is 196 cm³/mol. The maximum atomic E-state index is 13.4. The zero-order chi connectivity index (χ0) is 38.4. The van der Waals surface area contributed by atoms with Gasteiger partial charge < -0.3 is 14.6 Å². The summed E-state index contributed by atoms with van der Waals surface area (Å²) in [5.74, 6) is -0.810. The summed E-state index contributed by atoms with van der Waals surface area (Å²) in [6.07, 6.45) is -1.28. The number of alkyl halides is 3. The number of anilines is 2. The standard InChI is InChI=1S/C39H41F3N8O5/c40-39(41,42)28-3-1-2-26(19-28)35(53)45-37-43-32-20-30(9-11-33(32)50(37)29-7-4-24(23-51)5-8-29)47-16-14-46(15-17-47)21-25-6-10-31-27(18-25)22-49(36(31)54)48-13-12-34(52)44-38(48)55/h1-3,6,9-11,18-20,24,29,51H,4-5,7-8,12-17,21-23H2,(H,43,45,53)(H,44,52,55). The topological polar surface area (TPSA) is 143 Å². The molecule has 0 unspecified atom stereocenters. The maximum absolute atomic E-state index is 13.4. The van der Waals surface area contributed by atoms with Crippen molar-refractivity contribution < 1.29 is 37.5 Å². The maximum Gasteiger partial charge on any atom is 0.416 e. The van der Waals surface area contributed by atoms with Crippen LogP contribution >= 0.6 is 0 Å². The van der Waals surface area contributed by atoms with E-state index in [4.69, 9.17) is 4.98 Å². The highest BCUT2D eigenvalue weighted by Gasteiger charge is 2.37. The summed E-state index contributed by atoms with van der Waals surface area (Å²) in [4.78, 5) is 59.8. The molecule has 0 atom stereocenters. The molecule has 0 spiro atoms. The lowest BCUT2D eigenvalue weighted by Gasteiger charge is -2.36. The third-order valence-electron chi connectivity index (χ3n) is 11.2. The van der Waals surface area contributed by atoms with Gasteiger partial charge >= 0.3 is 12.2 Å². The SMILES string of the molecule is O=C1CCN(N2Cc3cc(CN4CCN(c5ccc6c(c5)nc(NC(=O)c5cccc(C(F)(F)F)c5)n6C5CCC(CO)CC5)CC4)ccc3C2=O)C(=O)N1. The number of fused-ring (bicyclic) bond motifs is 2. The van der Waals surface area contributed by atoms with E-state index in [0.717, 1.165) is 86.3 Å². The summed E-state index contributed by atoms with van der Waals surface area (Å²) < 4.78 is 42.2. The lowest BCUT2D eigenvalue weighted by Crippen LogP contribution is -2.56. The van der Waals surface area contributed by atoms with Crippen LogP contribution in [0.15, 0.2) is 60.7 Å². The van der Waals surface area contributed by atoms with Crippen molar-refractivity contribution in [3.8, 4) is 0 Å². The first-order chi connectivity index (χ1) is 26.4. The third kappa shape index (κ3) is 7.35. The van der Waals surface area contributed by atoms with Crippen LogP contribution in [0.25, 0.3) is 11.0 Å². The number of halogens is 3. The second-order valence-electron chi connectivity index (χ2n) is 14.7. The van der Waals surface area contributed by atoms with Crippen molar-refractivity contribution in [3.63, 3.8) is 0 Å². The predicted octanol–water partition coefficient (Wildman–Crippen LogP) is 5.17. The molecule has 0 bridgehead atoms. The molecule has 8 rings (SSSR count). The van der Waals surface area contributed by atoms with Gasteiger partial charge in [0.05, 0.1) is 29.7 Å². The fraction of sp³-hybridized carbons (Fsp3) is 0.410. The van der Waals surface area contributed by atoms with Crippen LogP contribution in [0.5, 0.6) is 0 Å². The highest BCUT2D eigenvalue weighted by Crippen LogP contribution is 2.38. The molecule has 3 aliphatic heterocycles. The van der Waals surface area contributed by atoms with Gasteiger partial charge in [0, 0.05) is 68.6 Å². The second-order valence-corrected chi connectivity index (χ2v) is 14.7. The molecule has 3 aromatic carbocycles. The molecule has 3 fully saturated rings. The van der Waals surface area contributed by atoms with Crippen molar-refractivity contribution >= 4 is 46.4 Å². The fourth-order valence-corrected chi connectivity index (χ4v) is 8.20. The van der Waals surface area contributed by atoms with Crippen molar-refractivity contribution in [2.45, 2.75) is 57.4 Å². The first-order valence-electron chi connectivity index (χ1n) is 18.6. The Hall–Kier alpha value is -5.48. The molecule has 2 saturated heterocycles. The van der Waals surface area contributed by atoms with E-state index in [-0.39, 0.29) is 61.4 Å². The van der Waals surface area contributed by atoms with Crippen LogP contribution in [0.3, 0.4) is 0 Å². The Morgan fingerprint density at radius 1 is 0.909 bits per heavy atom.